The van der Waals surface area contributed by atoms with Crippen LogP contribution in [0.25, 0.3) is 0 Å². The van der Waals surface area contributed by atoms with Crippen LogP contribution in [-0.4, -0.2) is 51.6 Å². The first-order valence-electron chi connectivity index (χ1n) is 2.75. The zero-order valence-corrected chi connectivity index (χ0v) is 6.49. The Hall–Kier alpha value is -0.200. The van der Waals surface area contributed by atoms with Crippen LogP contribution in [0, 0.1) is 0 Å². The molecule has 0 aliphatic heterocycles. The van der Waals surface area contributed by atoms with E-state index in [1.165, 1.54) is 0 Å². The number of aliphatic hydroxyl groups is 4. The number of carbonyl (C=O) groups excluding carboxylic acids is 1. The van der Waals surface area contributed by atoms with Gasteiger partial charge in [0.2, 0.25) is 0 Å². The minimum absolute atomic E-state index is 0. The Morgan fingerprint density at radius 2 is 1.36 bits per heavy atom. The molecule has 0 aliphatic carbocycles. The second-order valence-corrected chi connectivity index (χ2v) is 1.80. The van der Waals surface area contributed by atoms with E-state index < -0.39 is 31.2 Å². The third-order valence-electron chi connectivity index (χ3n) is 1.00. The molecule has 0 aromatic rings. The Morgan fingerprint density at radius 3 is 1.55 bits per heavy atom. The number of hydrogen-bond acceptors (Lipinski definition) is 5. The molecule has 0 radical (unpaired) electrons. The summed E-state index contributed by atoms with van der Waals surface area (Å²) in [4.78, 5) is 10.5. The fourth-order valence-electron chi connectivity index (χ4n) is 0.402. The third kappa shape index (κ3) is 4.28. The molecule has 0 heterocycles. The lowest BCUT2D eigenvalue weighted by atomic mass is 10.1. The Labute approximate surface area is 69.7 Å². The number of aliphatic hydroxyl groups excluding tert-OH is 4. The minimum atomic E-state index is -1.60. The lowest BCUT2D eigenvalue weighted by molar-refractivity contribution is -0.139. The van der Waals surface area contributed by atoms with Gasteiger partial charge in [-0.1, -0.05) is 0 Å². The van der Waals surface area contributed by atoms with Crippen molar-refractivity contribution < 1.29 is 25.2 Å². The van der Waals surface area contributed by atoms with Crippen molar-refractivity contribution in [1.82, 2.24) is 0 Å². The number of hydrogen-bond donors (Lipinski definition) is 4. The predicted octanol–water partition coefficient (Wildman–Crippen LogP) is -2.32. The maximum atomic E-state index is 10.5. The zero-order chi connectivity index (χ0) is 8.15. The van der Waals surface area contributed by atoms with Gasteiger partial charge in [0.15, 0.2) is 5.78 Å². The summed E-state index contributed by atoms with van der Waals surface area (Å²) in [6, 6.07) is 0. The van der Waals surface area contributed by atoms with Crippen LogP contribution in [0.15, 0.2) is 0 Å². The average molecular weight is 187 g/mol. The second kappa shape index (κ2) is 6.51. The van der Waals surface area contributed by atoms with Gasteiger partial charge in [-0.3, -0.25) is 4.79 Å². The largest absolute Gasteiger partial charge is 0.393 e. The van der Waals surface area contributed by atoms with Gasteiger partial charge in [-0.05, 0) is 0 Å². The molecule has 0 bridgehead atoms. The summed E-state index contributed by atoms with van der Waals surface area (Å²) in [6.07, 6.45) is -3.19. The molecule has 2 atom stereocenters. The van der Waals surface area contributed by atoms with E-state index in [9.17, 15) is 4.79 Å². The molecule has 0 aromatic carbocycles. The minimum Gasteiger partial charge on any atom is -0.393 e. The van der Waals surface area contributed by atoms with E-state index in [4.69, 9.17) is 20.4 Å². The van der Waals surface area contributed by atoms with Crippen molar-refractivity contribution in [3.05, 3.63) is 0 Å². The first kappa shape index (κ1) is 13.4. The molecule has 0 aliphatic rings. The van der Waals surface area contributed by atoms with Gasteiger partial charge in [-0.2, -0.15) is 0 Å². The summed E-state index contributed by atoms with van der Waals surface area (Å²) in [5.41, 5.74) is 0. The Kier molecular flexibility index (Phi) is 7.92. The van der Waals surface area contributed by atoms with Gasteiger partial charge in [0.05, 0.1) is 13.2 Å². The van der Waals surface area contributed by atoms with Gasteiger partial charge in [-0.15, -0.1) is 12.4 Å². The van der Waals surface area contributed by atoms with E-state index in [1.54, 1.807) is 0 Å². The molecule has 0 saturated carbocycles. The number of rotatable bonds is 4. The SMILES string of the molecule is Cl.O=C(C(O)CO)C(O)CO. The number of ketones is 1. The lowest BCUT2D eigenvalue weighted by Crippen LogP contribution is -2.36. The molecule has 0 fully saturated rings. The summed E-state index contributed by atoms with van der Waals surface area (Å²) in [6.45, 7) is -1.48. The Bertz CT molecular complexity index is 105. The first-order valence-corrected chi connectivity index (χ1v) is 2.75. The van der Waals surface area contributed by atoms with E-state index in [0.717, 1.165) is 0 Å². The smallest absolute Gasteiger partial charge is 0.194 e. The molecule has 68 valence electrons. The molecular weight excluding hydrogens is 176 g/mol. The van der Waals surface area contributed by atoms with Crippen LogP contribution in [-0.2, 0) is 4.79 Å². The van der Waals surface area contributed by atoms with Crippen molar-refractivity contribution >= 4 is 18.2 Å². The molecule has 6 heteroatoms. The van der Waals surface area contributed by atoms with Crippen molar-refractivity contribution in [2.75, 3.05) is 13.2 Å². The molecule has 11 heavy (non-hydrogen) atoms. The summed E-state index contributed by atoms with van der Waals surface area (Å²) < 4.78 is 0. The van der Waals surface area contributed by atoms with Crippen LogP contribution in [0.5, 0.6) is 0 Å². The number of carbonyl (C=O) groups is 1. The standard InChI is InChI=1S/C5H10O5.ClH/c6-1-3(8)5(10)4(9)2-7;/h3-4,6-9H,1-2H2;1H. The average Bonchev–Trinajstić information content (AvgIpc) is 2.00. The van der Waals surface area contributed by atoms with E-state index in [-0.39, 0.29) is 12.4 Å². The summed E-state index contributed by atoms with van der Waals surface area (Å²) in [5.74, 6) is -0.968. The highest BCUT2D eigenvalue weighted by Gasteiger charge is 2.21. The van der Waals surface area contributed by atoms with Crippen LogP contribution in [0.3, 0.4) is 0 Å². The second-order valence-electron chi connectivity index (χ2n) is 1.80. The van der Waals surface area contributed by atoms with Crippen molar-refractivity contribution in [3.63, 3.8) is 0 Å². The topological polar surface area (TPSA) is 98.0 Å². The summed E-state index contributed by atoms with van der Waals surface area (Å²) in [7, 11) is 0. The highest BCUT2D eigenvalue weighted by Crippen LogP contribution is 1.90. The van der Waals surface area contributed by atoms with E-state index >= 15 is 0 Å². The van der Waals surface area contributed by atoms with E-state index in [2.05, 4.69) is 0 Å². The van der Waals surface area contributed by atoms with Crippen LogP contribution < -0.4 is 0 Å². The number of halogens is 1. The fraction of sp³-hybridized carbons (Fsp3) is 0.800. The van der Waals surface area contributed by atoms with Crippen LogP contribution in [0.4, 0.5) is 0 Å². The normalized spacial score (nSPS) is 14.9. The predicted molar refractivity (Wildman–Crippen MR) is 38.4 cm³/mol. The molecule has 0 spiro atoms. The molecule has 0 amide bonds. The maximum absolute atomic E-state index is 10.5. The highest BCUT2D eigenvalue weighted by molar-refractivity contribution is 5.87. The van der Waals surface area contributed by atoms with Crippen LogP contribution in [0.1, 0.15) is 0 Å². The monoisotopic (exact) mass is 186 g/mol. The van der Waals surface area contributed by atoms with Gasteiger partial charge >= 0.3 is 0 Å². The van der Waals surface area contributed by atoms with Gasteiger partial charge in [0.1, 0.15) is 12.2 Å². The van der Waals surface area contributed by atoms with Crippen LogP contribution >= 0.6 is 12.4 Å². The van der Waals surface area contributed by atoms with Crippen LogP contribution in [0.2, 0.25) is 0 Å². The lowest BCUT2D eigenvalue weighted by Gasteiger charge is -2.08. The van der Waals surface area contributed by atoms with Gasteiger partial charge in [0.25, 0.3) is 0 Å². The fourth-order valence-corrected chi connectivity index (χ4v) is 0.402. The molecule has 2 unspecified atom stereocenters. The van der Waals surface area contributed by atoms with Gasteiger partial charge < -0.3 is 20.4 Å². The molecule has 0 aromatic heterocycles. The quantitative estimate of drug-likeness (QED) is 0.395. The number of Topliss-reactive ketones (excluding diaryl/α,β-unsaturated/α-hetero) is 1. The van der Waals surface area contributed by atoms with Gasteiger partial charge in [-0.25, -0.2) is 0 Å². The van der Waals surface area contributed by atoms with E-state index in [0.29, 0.717) is 0 Å². The van der Waals surface area contributed by atoms with Crippen molar-refractivity contribution in [3.8, 4) is 0 Å². The zero-order valence-electron chi connectivity index (χ0n) is 5.67. The molecular formula is C5H11ClO5. The van der Waals surface area contributed by atoms with E-state index in [1.807, 2.05) is 0 Å². The Morgan fingerprint density at radius 1 is 1.09 bits per heavy atom. The molecule has 0 rings (SSSR count). The van der Waals surface area contributed by atoms with Crippen molar-refractivity contribution in [1.29, 1.82) is 0 Å². The summed E-state index contributed by atoms with van der Waals surface area (Å²) in [5, 5.41) is 33.5. The van der Waals surface area contributed by atoms with Gasteiger partial charge in [0, 0.05) is 0 Å². The highest BCUT2D eigenvalue weighted by atomic mass is 35.5. The first-order chi connectivity index (χ1) is 4.63. The molecule has 5 nitrogen and oxygen atoms in total. The maximum Gasteiger partial charge on any atom is 0.194 e. The Balaban J connectivity index is 0. The molecule has 0 saturated heterocycles. The van der Waals surface area contributed by atoms with Crippen molar-refractivity contribution in [2.45, 2.75) is 12.2 Å². The molecule has 4 N–H and O–H groups in total. The third-order valence-corrected chi connectivity index (χ3v) is 1.00. The summed E-state index contributed by atoms with van der Waals surface area (Å²) >= 11 is 0. The van der Waals surface area contributed by atoms with Crippen molar-refractivity contribution in [2.24, 2.45) is 0 Å².